The number of aliphatic hydroxyl groups is 1. The SMILES string of the molecule is Cc1cc(N)c(C)c(S(=O)(=O)NC(C)CCO)c1. The first-order valence-corrected chi connectivity index (χ1v) is 7.26. The minimum atomic E-state index is -3.60. The molecule has 1 aromatic rings. The van der Waals surface area contributed by atoms with Crippen molar-refractivity contribution in [3.8, 4) is 0 Å². The molecule has 0 saturated heterocycles. The monoisotopic (exact) mass is 272 g/mol. The highest BCUT2D eigenvalue weighted by atomic mass is 32.2. The Labute approximate surface area is 108 Å². The van der Waals surface area contributed by atoms with Crippen LogP contribution in [0.5, 0.6) is 0 Å². The number of aryl methyl sites for hydroxylation is 1. The van der Waals surface area contributed by atoms with Gasteiger partial charge in [0.1, 0.15) is 0 Å². The van der Waals surface area contributed by atoms with Gasteiger partial charge in [0.15, 0.2) is 0 Å². The first-order chi connectivity index (χ1) is 8.27. The number of aliphatic hydroxyl groups excluding tert-OH is 1. The van der Waals surface area contributed by atoms with Crippen LogP contribution < -0.4 is 10.5 Å². The molecule has 0 spiro atoms. The van der Waals surface area contributed by atoms with Crippen LogP contribution in [0.2, 0.25) is 0 Å². The third-order valence-electron chi connectivity index (χ3n) is 2.75. The van der Waals surface area contributed by atoms with Gasteiger partial charge in [-0.1, -0.05) is 0 Å². The van der Waals surface area contributed by atoms with Gasteiger partial charge in [-0.2, -0.15) is 0 Å². The number of anilines is 1. The third-order valence-corrected chi connectivity index (χ3v) is 4.47. The average Bonchev–Trinajstić information content (AvgIpc) is 2.22. The Morgan fingerprint density at radius 1 is 1.39 bits per heavy atom. The maximum Gasteiger partial charge on any atom is 0.241 e. The van der Waals surface area contributed by atoms with Crippen molar-refractivity contribution < 1.29 is 13.5 Å². The van der Waals surface area contributed by atoms with Crippen molar-refractivity contribution in [2.45, 2.75) is 38.1 Å². The van der Waals surface area contributed by atoms with Crippen molar-refractivity contribution in [3.05, 3.63) is 23.3 Å². The van der Waals surface area contributed by atoms with E-state index < -0.39 is 10.0 Å². The molecule has 0 heterocycles. The zero-order valence-corrected chi connectivity index (χ0v) is 11.7. The van der Waals surface area contributed by atoms with E-state index in [-0.39, 0.29) is 17.5 Å². The van der Waals surface area contributed by atoms with Gasteiger partial charge < -0.3 is 10.8 Å². The topological polar surface area (TPSA) is 92.4 Å². The number of hydrogen-bond donors (Lipinski definition) is 3. The minimum Gasteiger partial charge on any atom is -0.398 e. The second-order valence-electron chi connectivity index (χ2n) is 4.51. The Morgan fingerprint density at radius 3 is 2.56 bits per heavy atom. The Bertz CT molecular complexity index is 526. The van der Waals surface area contributed by atoms with Crippen LogP contribution in [0.4, 0.5) is 5.69 Å². The molecule has 18 heavy (non-hydrogen) atoms. The second kappa shape index (κ2) is 5.69. The van der Waals surface area contributed by atoms with E-state index in [4.69, 9.17) is 10.8 Å². The fourth-order valence-corrected chi connectivity index (χ4v) is 3.35. The van der Waals surface area contributed by atoms with Crippen molar-refractivity contribution >= 4 is 15.7 Å². The average molecular weight is 272 g/mol. The number of benzene rings is 1. The van der Waals surface area contributed by atoms with Crippen molar-refractivity contribution in [2.75, 3.05) is 12.3 Å². The van der Waals surface area contributed by atoms with E-state index in [1.165, 1.54) is 0 Å². The van der Waals surface area contributed by atoms with E-state index in [1.807, 2.05) is 0 Å². The third kappa shape index (κ3) is 3.44. The lowest BCUT2D eigenvalue weighted by molar-refractivity contribution is 0.275. The molecule has 0 aliphatic heterocycles. The molecule has 5 nitrogen and oxygen atoms in total. The number of nitrogen functional groups attached to an aromatic ring is 1. The Kier molecular flexibility index (Phi) is 4.72. The summed E-state index contributed by atoms with van der Waals surface area (Å²) in [6.45, 7) is 5.13. The van der Waals surface area contributed by atoms with Crippen LogP contribution in [0.1, 0.15) is 24.5 Å². The van der Waals surface area contributed by atoms with Crippen molar-refractivity contribution in [3.63, 3.8) is 0 Å². The lowest BCUT2D eigenvalue weighted by Gasteiger charge is -2.16. The summed E-state index contributed by atoms with van der Waals surface area (Å²) >= 11 is 0. The van der Waals surface area contributed by atoms with Crippen molar-refractivity contribution in [2.24, 2.45) is 0 Å². The highest BCUT2D eigenvalue weighted by molar-refractivity contribution is 7.89. The Hall–Kier alpha value is -1.11. The van der Waals surface area contributed by atoms with E-state index in [0.717, 1.165) is 5.56 Å². The molecule has 102 valence electrons. The zero-order valence-electron chi connectivity index (χ0n) is 10.9. The van der Waals surface area contributed by atoms with E-state index in [2.05, 4.69) is 4.72 Å². The van der Waals surface area contributed by atoms with Gasteiger partial charge in [0.2, 0.25) is 10.0 Å². The van der Waals surface area contributed by atoms with E-state index in [1.54, 1.807) is 32.9 Å². The highest BCUT2D eigenvalue weighted by Gasteiger charge is 2.20. The summed E-state index contributed by atoms with van der Waals surface area (Å²) in [6, 6.07) is 3.02. The van der Waals surface area contributed by atoms with Gasteiger partial charge in [-0.3, -0.25) is 0 Å². The van der Waals surface area contributed by atoms with Gasteiger partial charge >= 0.3 is 0 Å². The zero-order chi connectivity index (χ0) is 13.9. The summed E-state index contributed by atoms with van der Waals surface area (Å²) in [5.41, 5.74) is 7.58. The Balaban J connectivity index is 3.13. The van der Waals surface area contributed by atoms with Crippen LogP contribution in [0.3, 0.4) is 0 Å². The summed E-state index contributed by atoms with van der Waals surface area (Å²) in [5, 5.41) is 8.79. The molecule has 6 heteroatoms. The van der Waals surface area contributed by atoms with Gasteiger partial charge in [-0.05, 0) is 50.5 Å². The maximum absolute atomic E-state index is 12.2. The van der Waals surface area contributed by atoms with Crippen LogP contribution in [0, 0.1) is 13.8 Å². The van der Waals surface area contributed by atoms with Crippen LogP contribution in [-0.4, -0.2) is 26.2 Å². The molecule has 1 aromatic carbocycles. The minimum absolute atomic E-state index is 0.0569. The van der Waals surface area contributed by atoms with Gasteiger partial charge in [-0.15, -0.1) is 0 Å². The maximum atomic E-state index is 12.2. The van der Waals surface area contributed by atoms with Crippen LogP contribution >= 0.6 is 0 Å². The fourth-order valence-electron chi connectivity index (χ4n) is 1.71. The molecule has 1 atom stereocenters. The predicted molar refractivity (Wildman–Crippen MR) is 71.8 cm³/mol. The smallest absolute Gasteiger partial charge is 0.241 e. The van der Waals surface area contributed by atoms with E-state index in [0.29, 0.717) is 17.7 Å². The van der Waals surface area contributed by atoms with Gasteiger partial charge in [0, 0.05) is 18.3 Å². The fraction of sp³-hybridized carbons (Fsp3) is 0.500. The number of rotatable bonds is 5. The van der Waals surface area contributed by atoms with E-state index in [9.17, 15) is 8.42 Å². The molecule has 0 aliphatic rings. The van der Waals surface area contributed by atoms with Crippen LogP contribution in [0.25, 0.3) is 0 Å². The molecular weight excluding hydrogens is 252 g/mol. The molecule has 0 aliphatic carbocycles. The van der Waals surface area contributed by atoms with Crippen LogP contribution in [-0.2, 0) is 10.0 Å². The molecule has 4 N–H and O–H groups in total. The van der Waals surface area contributed by atoms with Crippen molar-refractivity contribution in [1.82, 2.24) is 4.72 Å². The molecule has 0 aromatic heterocycles. The number of nitrogens with one attached hydrogen (secondary N) is 1. The normalized spacial score (nSPS) is 13.6. The van der Waals surface area contributed by atoms with Crippen LogP contribution in [0.15, 0.2) is 17.0 Å². The lowest BCUT2D eigenvalue weighted by Crippen LogP contribution is -2.33. The molecule has 0 saturated carbocycles. The van der Waals surface area contributed by atoms with Gasteiger partial charge in [0.25, 0.3) is 0 Å². The second-order valence-corrected chi connectivity index (χ2v) is 6.19. The molecular formula is C12H20N2O3S. The molecule has 0 radical (unpaired) electrons. The quantitative estimate of drug-likeness (QED) is 0.695. The summed E-state index contributed by atoms with van der Waals surface area (Å²) in [6.07, 6.45) is 0.375. The molecule has 0 amide bonds. The van der Waals surface area contributed by atoms with Gasteiger partial charge in [0.05, 0.1) is 4.90 Å². The molecule has 0 bridgehead atoms. The van der Waals surface area contributed by atoms with E-state index >= 15 is 0 Å². The first kappa shape index (κ1) is 14.9. The largest absolute Gasteiger partial charge is 0.398 e. The standard InChI is InChI=1S/C12H20N2O3S/c1-8-6-11(13)10(3)12(7-8)18(16,17)14-9(2)4-5-15/h6-7,9,14-15H,4-5,13H2,1-3H3. The highest BCUT2D eigenvalue weighted by Crippen LogP contribution is 2.23. The summed E-state index contributed by atoms with van der Waals surface area (Å²) in [5.74, 6) is 0. The number of sulfonamides is 1. The summed E-state index contributed by atoms with van der Waals surface area (Å²) in [7, 11) is -3.60. The van der Waals surface area contributed by atoms with Crippen molar-refractivity contribution in [1.29, 1.82) is 0 Å². The number of hydrogen-bond acceptors (Lipinski definition) is 4. The predicted octanol–water partition coefficient (Wildman–Crippen LogP) is 0.935. The molecule has 1 rings (SSSR count). The number of nitrogens with two attached hydrogens (primary N) is 1. The lowest BCUT2D eigenvalue weighted by atomic mass is 10.1. The summed E-state index contributed by atoms with van der Waals surface area (Å²) in [4.78, 5) is 0.199. The molecule has 1 unspecified atom stereocenters. The molecule has 0 fully saturated rings. The Morgan fingerprint density at radius 2 is 2.00 bits per heavy atom. The first-order valence-electron chi connectivity index (χ1n) is 5.78. The van der Waals surface area contributed by atoms with Gasteiger partial charge in [-0.25, -0.2) is 13.1 Å². The summed E-state index contributed by atoms with van der Waals surface area (Å²) < 4.78 is 26.9.